The molecule has 0 amide bonds. The van der Waals surface area contributed by atoms with Gasteiger partial charge in [0.05, 0.1) is 10.5 Å². The Labute approximate surface area is 132 Å². The summed E-state index contributed by atoms with van der Waals surface area (Å²) in [5.41, 5.74) is 0.297. The molecule has 1 rings (SSSR count). The average Bonchev–Trinajstić information content (AvgIpc) is 2.43. The zero-order valence-electron chi connectivity index (χ0n) is 11.5. The maximum absolute atomic E-state index is 12.2. The number of hydrogen-bond donors (Lipinski definition) is 2. The lowest BCUT2D eigenvalue weighted by atomic mass is 10.0. The van der Waals surface area contributed by atoms with Crippen LogP contribution in [0.15, 0.2) is 27.6 Å². The van der Waals surface area contributed by atoms with Crippen molar-refractivity contribution in [3.8, 4) is 6.07 Å². The van der Waals surface area contributed by atoms with Gasteiger partial charge in [-0.15, -0.1) is 0 Å². The lowest BCUT2D eigenvalue weighted by Gasteiger charge is -2.20. The van der Waals surface area contributed by atoms with Crippen LogP contribution in [0.4, 0.5) is 0 Å². The Kier molecular flexibility index (Phi) is 5.89. The highest BCUT2D eigenvalue weighted by Gasteiger charge is 2.29. The van der Waals surface area contributed by atoms with E-state index in [1.165, 1.54) is 18.2 Å². The molecule has 0 heterocycles. The minimum Gasteiger partial charge on any atom is -0.480 e. The first-order valence-electron chi connectivity index (χ1n) is 6.17. The summed E-state index contributed by atoms with van der Waals surface area (Å²) in [5.74, 6) is -1.57. The van der Waals surface area contributed by atoms with Crippen LogP contribution in [0, 0.1) is 17.2 Å². The Balaban J connectivity index is 3.14. The number of nitriles is 1. The van der Waals surface area contributed by atoms with Crippen LogP contribution in [0.25, 0.3) is 0 Å². The highest BCUT2D eigenvalue weighted by atomic mass is 79.9. The fourth-order valence-electron chi connectivity index (χ4n) is 1.63. The molecule has 0 aliphatic heterocycles. The largest absolute Gasteiger partial charge is 0.480 e. The number of benzene rings is 1. The molecule has 0 spiro atoms. The summed E-state index contributed by atoms with van der Waals surface area (Å²) < 4.78 is 27.0. The highest BCUT2D eigenvalue weighted by molar-refractivity contribution is 9.10. The molecule has 6 nitrogen and oxygen atoms in total. The molecule has 0 aliphatic rings. The second-order valence-electron chi connectivity index (χ2n) is 4.58. The molecule has 0 aromatic heterocycles. The number of halogens is 1. The van der Waals surface area contributed by atoms with Crippen molar-refractivity contribution >= 4 is 31.9 Å². The molecule has 2 atom stereocenters. The van der Waals surface area contributed by atoms with Crippen LogP contribution in [0.5, 0.6) is 0 Å². The maximum atomic E-state index is 12.2. The molecule has 21 heavy (non-hydrogen) atoms. The molecule has 0 saturated heterocycles. The normalized spacial score (nSPS) is 14.2. The summed E-state index contributed by atoms with van der Waals surface area (Å²) in [4.78, 5) is 11.1. The van der Waals surface area contributed by atoms with E-state index in [-0.39, 0.29) is 10.8 Å². The number of carbonyl (C=O) groups is 1. The topological polar surface area (TPSA) is 107 Å². The van der Waals surface area contributed by atoms with Crippen molar-refractivity contribution in [1.29, 1.82) is 5.26 Å². The number of carboxylic acid groups (broad SMARTS) is 1. The van der Waals surface area contributed by atoms with Gasteiger partial charge in [0.15, 0.2) is 0 Å². The van der Waals surface area contributed by atoms with Gasteiger partial charge >= 0.3 is 5.97 Å². The van der Waals surface area contributed by atoms with Crippen LogP contribution in [0.2, 0.25) is 0 Å². The molecule has 1 aromatic carbocycles. The summed E-state index contributed by atoms with van der Waals surface area (Å²) >= 11 is 3.11. The second kappa shape index (κ2) is 7.02. The summed E-state index contributed by atoms with van der Waals surface area (Å²) in [5, 5.41) is 18.0. The lowest BCUT2D eigenvalue weighted by Crippen LogP contribution is -2.44. The van der Waals surface area contributed by atoms with E-state index in [1.54, 1.807) is 13.8 Å². The summed E-state index contributed by atoms with van der Waals surface area (Å²) in [6, 6.07) is 4.60. The summed E-state index contributed by atoms with van der Waals surface area (Å²) in [6.07, 6.45) is 0.524. The van der Waals surface area contributed by atoms with Crippen molar-refractivity contribution < 1.29 is 18.3 Å². The standard InChI is InChI=1S/C13H15BrN2O4S/c1-3-8(2)12(13(17)18)16-21(19,20)10-5-4-9(7-15)11(14)6-10/h4-6,8,12,16H,3H2,1-2H3,(H,17,18)/t8-,12-/m0/s1. The number of nitrogens with one attached hydrogen (secondary N) is 1. The number of sulfonamides is 1. The number of hydrogen-bond acceptors (Lipinski definition) is 4. The second-order valence-corrected chi connectivity index (χ2v) is 7.14. The van der Waals surface area contributed by atoms with Gasteiger partial charge in [-0.05, 0) is 40.0 Å². The molecule has 0 bridgehead atoms. The van der Waals surface area contributed by atoms with Crippen molar-refractivity contribution in [2.45, 2.75) is 31.2 Å². The van der Waals surface area contributed by atoms with Gasteiger partial charge in [-0.1, -0.05) is 20.3 Å². The first kappa shape index (κ1) is 17.6. The molecule has 8 heteroatoms. The van der Waals surface area contributed by atoms with Crippen LogP contribution in [-0.2, 0) is 14.8 Å². The van der Waals surface area contributed by atoms with Gasteiger partial charge in [-0.2, -0.15) is 9.98 Å². The summed E-state index contributed by atoms with van der Waals surface area (Å²) in [7, 11) is -3.98. The van der Waals surface area contributed by atoms with Crippen molar-refractivity contribution in [3.05, 3.63) is 28.2 Å². The first-order chi connectivity index (χ1) is 9.72. The Bertz CT molecular complexity index is 682. The van der Waals surface area contributed by atoms with Gasteiger partial charge < -0.3 is 5.11 Å². The molecular formula is C13H15BrN2O4S. The van der Waals surface area contributed by atoms with Crippen molar-refractivity contribution in [2.75, 3.05) is 0 Å². The summed E-state index contributed by atoms with van der Waals surface area (Å²) in [6.45, 7) is 3.45. The van der Waals surface area contributed by atoms with Crippen molar-refractivity contribution in [1.82, 2.24) is 4.72 Å². The fraction of sp³-hybridized carbons (Fsp3) is 0.385. The van der Waals surface area contributed by atoms with Crippen LogP contribution in [0.1, 0.15) is 25.8 Å². The molecule has 1 aromatic rings. The molecule has 0 fully saturated rings. The zero-order valence-corrected chi connectivity index (χ0v) is 13.9. The predicted octanol–water partition coefficient (Wildman–Crippen LogP) is 2.10. The smallest absolute Gasteiger partial charge is 0.322 e. The quantitative estimate of drug-likeness (QED) is 0.792. The van der Waals surface area contributed by atoms with E-state index in [0.717, 1.165) is 0 Å². The van der Waals surface area contributed by atoms with Gasteiger partial charge in [0.1, 0.15) is 12.1 Å². The number of rotatable bonds is 6. The molecule has 0 aliphatic carbocycles. The average molecular weight is 375 g/mol. The van der Waals surface area contributed by atoms with E-state index in [0.29, 0.717) is 16.5 Å². The Morgan fingerprint density at radius 3 is 2.57 bits per heavy atom. The fourth-order valence-corrected chi connectivity index (χ4v) is 3.58. The molecule has 0 radical (unpaired) electrons. The minimum absolute atomic E-state index is 0.0945. The third-order valence-electron chi connectivity index (χ3n) is 3.13. The number of carboxylic acids is 1. The highest BCUT2D eigenvalue weighted by Crippen LogP contribution is 2.21. The van der Waals surface area contributed by atoms with Gasteiger partial charge in [-0.3, -0.25) is 4.79 Å². The molecular weight excluding hydrogens is 360 g/mol. The van der Waals surface area contributed by atoms with E-state index >= 15 is 0 Å². The predicted molar refractivity (Wildman–Crippen MR) is 80.1 cm³/mol. The van der Waals surface area contributed by atoms with Gasteiger partial charge in [-0.25, -0.2) is 8.42 Å². The monoisotopic (exact) mass is 374 g/mol. The third kappa shape index (κ3) is 4.27. The lowest BCUT2D eigenvalue weighted by molar-refractivity contribution is -0.140. The van der Waals surface area contributed by atoms with Gasteiger partial charge in [0, 0.05) is 4.47 Å². The maximum Gasteiger partial charge on any atom is 0.322 e. The Morgan fingerprint density at radius 2 is 2.14 bits per heavy atom. The SMILES string of the molecule is CC[C@H](C)[C@H](NS(=O)(=O)c1ccc(C#N)c(Br)c1)C(=O)O. The van der Waals surface area contributed by atoms with Crippen LogP contribution in [-0.4, -0.2) is 25.5 Å². The van der Waals surface area contributed by atoms with Gasteiger partial charge in [0.2, 0.25) is 10.0 Å². The minimum atomic E-state index is -3.98. The first-order valence-corrected chi connectivity index (χ1v) is 8.45. The van der Waals surface area contributed by atoms with E-state index in [1.807, 2.05) is 6.07 Å². The van der Waals surface area contributed by atoms with Crippen molar-refractivity contribution in [2.24, 2.45) is 5.92 Å². The molecule has 0 unspecified atom stereocenters. The van der Waals surface area contributed by atoms with Gasteiger partial charge in [0.25, 0.3) is 0 Å². The number of nitrogens with zero attached hydrogens (tertiary/aromatic N) is 1. The van der Waals surface area contributed by atoms with Crippen molar-refractivity contribution in [3.63, 3.8) is 0 Å². The van der Waals surface area contributed by atoms with Crippen LogP contribution < -0.4 is 4.72 Å². The molecule has 2 N–H and O–H groups in total. The molecule has 0 saturated carbocycles. The molecule has 114 valence electrons. The van der Waals surface area contributed by atoms with E-state index in [9.17, 15) is 13.2 Å². The zero-order chi connectivity index (χ0) is 16.2. The number of aliphatic carboxylic acids is 1. The van der Waals surface area contributed by atoms with Crippen LogP contribution in [0.3, 0.4) is 0 Å². The Morgan fingerprint density at radius 1 is 1.52 bits per heavy atom. The van der Waals surface area contributed by atoms with E-state index in [2.05, 4.69) is 20.7 Å². The Hall–Kier alpha value is -1.43. The third-order valence-corrected chi connectivity index (χ3v) is 5.23. The van der Waals surface area contributed by atoms with E-state index in [4.69, 9.17) is 10.4 Å². The van der Waals surface area contributed by atoms with E-state index < -0.39 is 22.0 Å². The van der Waals surface area contributed by atoms with Crippen LogP contribution >= 0.6 is 15.9 Å².